The lowest BCUT2D eigenvalue weighted by Crippen LogP contribution is -2.28. The largest absolute Gasteiger partial charge is 0.399 e. The zero-order valence-corrected chi connectivity index (χ0v) is 11.3. The first kappa shape index (κ1) is 14.0. The lowest BCUT2D eigenvalue weighted by Gasteiger charge is -2.15. The van der Waals surface area contributed by atoms with E-state index in [1.54, 1.807) is 0 Å². The number of hydrogen-bond donors (Lipinski definition) is 1. The van der Waals surface area contributed by atoms with Crippen LogP contribution in [0.15, 0.2) is 21.5 Å². The predicted molar refractivity (Wildman–Crippen MR) is 67.2 cm³/mol. The Morgan fingerprint density at radius 3 is 2.71 bits per heavy atom. The van der Waals surface area contributed by atoms with Gasteiger partial charge in [0.05, 0.1) is 11.0 Å². The topological polar surface area (TPSA) is 63.4 Å². The van der Waals surface area contributed by atoms with Crippen LogP contribution in [-0.4, -0.2) is 26.3 Å². The molecule has 1 rings (SSSR count). The van der Waals surface area contributed by atoms with Gasteiger partial charge in [-0.2, -0.15) is 4.31 Å². The quantitative estimate of drug-likeness (QED) is 0.676. The highest BCUT2D eigenvalue weighted by atomic mass is 79.9. The Morgan fingerprint density at radius 1 is 1.59 bits per heavy atom. The average molecular weight is 321 g/mol. The third kappa shape index (κ3) is 2.77. The maximum atomic E-state index is 13.7. The average Bonchev–Trinajstić information content (AvgIpc) is 2.23. The third-order valence-corrected chi connectivity index (χ3v) is 4.40. The van der Waals surface area contributed by atoms with Crippen molar-refractivity contribution in [1.82, 2.24) is 4.31 Å². The molecule has 0 aliphatic rings. The summed E-state index contributed by atoms with van der Waals surface area (Å²) in [5, 5.41) is 0. The van der Waals surface area contributed by atoms with Crippen LogP contribution < -0.4 is 5.73 Å². The van der Waals surface area contributed by atoms with Gasteiger partial charge in [0, 0.05) is 12.7 Å². The van der Waals surface area contributed by atoms with Crippen molar-refractivity contribution in [2.75, 3.05) is 19.3 Å². The molecule has 4 nitrogen and oxygen atoms in total. The van der Waals surface area contributed by atoms with E-state index in [2.05, 4.69) is 21.9 Å². The van der Waals surface area contributed by atoms with Crippen molar-refractivity contribution in [2.24, 2.45) is 0 Å². The minimum atomic E-state index is -3.97. The molecule has 1 aromatic carbocycles. The molecule has 1 aromatic rings. The summed E-state index contributed by atoms with van der Waals surface area (Å²) in [6, 6.07) is 2.35. The number of anilines is 1. The molecule has 0 aromatic heterocycles. The minimum Gasteiger partial charge on any atom is -0.399 e. The van der Waals surface area contributed by atoms with Gasteiger partial charge in [-0.25, -0.2) is 12.8 Å². The van der Waals surface area contributed by atoms with E-state index in [1.165, 1.54) is 13.1 Å². The van der Waals surface area contributed by atoms with Gasteiger partial charge in [0.15, 0.2) is 5.82 Å². The second kappa shape index (κ2) is 5.04. The molecular weight excluding hydrogens is 311 g/mol. The monoisotopic (exact) mass is 320 g/mol. The van der Waals surface area contributed by atoms with Gasteiger partial charge in [-0.15, -0.1) is 6.42 Å². The molecule has 0 aliphatic heterocycles. The van der Waals surface area contributed by atoms with E-state index in [-0.39, 0.29) is 16.7 Å². The van der Waals surface area contributed by atoms with Crippen LogP contribution >= 0.6 is 15.9 Å². The standard InChI is InChI=1S/C10H10BrFN2O2S/c1-3-4-14(2)17(15,16)9-6-7(13)5-8(11)10(9)12/h1,5-6H,4,13H2,2H3. The van der Waals surface area contributed by atoms with Crippen LogP contribution in [0.1, 0.15) is 0 Å². The molecule has 0 saturated heterocycles. The highest BCUT2D eigenvalue weighted by molar-refractivity contribution is 9.10. The Hall–Kier alpha value is -1.10. The Kier molecular flexibility index (Phi) is 4.14. The highest BCUT2D eigenvalue weighted by Gasteiger charge is 2.25. The Bertz CT molecular complexity index is 581. The van der Waals surface area contributed by atoms with Crippen LogP contribution in [0.25, 0.3) is 0 Å². The van der Waals surface area contributed by atoms with Crippen molar-refractivity contribution in [3.63, 3.8) is 0 Å². The molecule has 0 atom stereocenters. The van der Waals surface area contributed by atoms with Crippen LogP contribution in [0.5, 0.6) is 0 Å². The normalized spacial score (nSPS) is 11.5. The summed E-state index contributed by atoms with van der Waals surface area (Å²) < 4.78 is 38.5. The molecule has 0 unspecified atom stereocenters. The number of sulfonamides is 1. The second-order valence-corrected chi connectivity index (χ2v) is 6.15. The van der Waals surface area contributed by atoms with Crippen molar-refractivity contribution < 1.29 is 12.8 Å². The van der Waals surface area contributed by atoms with Crippen molar-refractivity contribution in [3.05, 3.63) is 22.4 Å². The molecule has 0 heterocycles. The summed E-state index contributed by atoms with van der Waals surface area (Å²) in [5.74, 6) is 1.29. The van der Waals surface area contributed by atoms with E-state index in [9.17, 15) is 12.8 Å². The van der Waals surface area contributed by atoms with Gasteiger partial charge in [0.25, 0.3) is 0 Å². The predicted octanol–water partition coefficient (Wildman–Crippen LogP) is 1.42. The molecule has 17 heavy (non-hydrogen) atoms. The van der Waals surface area contributed by atoms with Crippen molar-refractivity contribution in [2.45, 2.75) is 4.90 Å². The minimum absolute atomic E-state index is 0.00909. The first-order valence-electron chi connectivity index (χ1n) is 4.45. The molecule has 0 saturated carbocycles. The maximum absolute atomic E-state index is 13.7. The van der Waals surface area contributed by atoms with Crippen molar-refractivity contribution >= 4 is 31.6 Å². The van der Waals surface area contributed by atoms with Crippen molar-refractivity contribution in [1.29, 1.82) is 0 Å². The molecular formula is C10H10BrFN2O2S. The first-order valence-corrected chi connectivity index (χ1v) is 6.68. The molecule has 0 aliphatic carbocycles. The van der Waals surface area contributed by atoms with Crippen LogP contribution in [0.3, 0.4) is 0 Å². The van der Waals surface area contributed by atoms with E-state index in [0.29, 0.717) is 0 Å². The molecule has 92 valence electrons. The van der Waals surface area contributed by atoms with Crippen LogP contribution in [-0.2, 0) is 10.0 Å². The molecule has 0 amide bonds. The number of rotatable bonds is 3. The smallest absolute Gasteiger partial charge is 0.246 e. The number of halogens is 2. The number of terminal acetylenes is 1. The molecule has 0 radical (unpaired) electrons. The van der Waals surface area contributed by atoms with E-state index in [4.69, 9.17) is 12.2 Å². The van der Waals surface area contributed by atoms with Crippen LogP contribution in [0.2, 0.25) is 0 Å². The molecule has 0 bridgehead atoms. The zero-order valence-electron chi connectivity index (χ0n) is 8.94. The van der Waals surface area contributed by atoms with E-state index in [0.717, 1.165) is 10.4 Å². The van der Waals surface area contributed by atoms with Gasteiger partial charge in [-0.3, -0.25) is 0 Å². The fourth-order valence-electron chi connectivity index (χ4n) is 1.15. The number of nitrogen functional groups attached to an aromatic ring is 1. The Labute approximate surface area is 108 Å². The lowest BCUT2D eigenvalue weighted by molar-refractivity contribution is 0.492. The molecule has 2 N–H and O–H groups in total. The number of hydrogen-bond acceptors (Lipinski definition) is 3. The lowest BCUT2D eigenvalue weighted by atomic mass is 10.3. The SMILES string of the molecule is C#CCN(C)S(=O)(=O)c1cc(N)cc(Br)c1F. The summed E-state index contributed by atoms with van der Waals surface area (Å²) >= 11 is 2.90. The summed E-state index contributed by atoms with van der Waals surface area (Å²) in [5.41, 5.74) is 5.62. The zero-order chi connectivity index (χ0) is 13.2. The van der Waals surface area contributed by atoms with Gasteiger partial charge in [-0.1, -0.05) is 5.92 Å². The fourth-order valence-corrected chi connectivity index (χ4v) is 2.96. The van der Waals surface area contributed by atoms with Gasteiger partial charge in [-0.05, 0) is 28.1 Å². The van der Waals surface area contributed by atoms with Gasteiger partial charge < -0.3 is 5.73 Å². The second-order valence-electron chi connectivity index (χ2n) is 3.28. The van der Waals surface area contributed by atoms with Gasteiger partial charge >= 0.3 is 0 Å². The summed E-state index contributed by atoms with van der Waals surface area (Å²) in [4.78, 5) is -0.498. The number of nitrogens with zero attached hydrogens (tertiary/aromatic N) is 1. The number of benzene rings is 1. The van der Waals surface area contributed by atoms with Crippen LogP contribution in [0, 0.1) is 18.2 Å². The first-order chi connectivity index (χ1) is 7.80. The highest BCUT2D eigenvalue weighted by Crippen LogP contribution is 2.27. The van der Waals surface area contributed by atoms with E-state index >= 15 is 0 Å². The molecule has 0 fully saturated rings. The Balaban J connectivity index is 3.40. The summed E-state index contributed by atoms with van der Waals surface area (Å²) in [7, 11) is -2.70. The van der Waals surface area contributed by atoms with Gasteiger partial charge in [0.1, 0.15) is 4.90 Å². The maximum Gasteiger partial charge on any atom is 0.246 e. The third-order valence-electron chi connectivity index (χ3n) is 2.02. The fraction of sp³-hybridized carbons (Fsp3) is 0.200. The Morgan fingerprint density at radius 2 is 2.18 bits per heavy atom. The number of nitrogens with two attached hydrogens (primary N) is 1. The molecule has 7 heteroatoms. The van der Waals surface area contributed by atoms with Crippen molar-refractivity contribution in [3.8, 4) is 12.3 Å². The summed E-state index contributed by atoms with van der Waals surface area (Å²) in [6.07, 6.45) is 5.02. The molecule has 0 spiro atoms. The van der Waals surface area contributed by atoms with E-state index in [1.807, 2.05) is 0 Å². The summed E-state index contributed by atoms with van der Waals surface area (Å²) in [6.45, 7) is -0.145. The van der Waals surface area contributed by atoms with E-state index < -0.39 is 20.7 Å². The van der Waals surface area contributed by atoms with Crippen LogP contribution in [0.4, 0.5) is 10.1 Å². The van der Waals surface area contributed by atoms with Gasteiger partial charge in [0.2, 0.25) is 10.0 Å².